The first-order chi connectivity index (χ1) is 8.65. The summed E-state index contributed by atoms with van der Waals surface area (Å²) in [7, 11) is 1.76. The molecule has 2 aromatic heterocycles. The molecule has 18 heavy (non-hydrogen) atoms. The van der Waals surface area contributed by atoms with Gasteiger partial charge in [-0.3, -0.25) is 4.98 Å². The van der Waals surface area contributed by atoms with Gasteiger partial charge >= 0.3 is 6.03 Å². The van der Waals surface area contributed by atoms with Crippen molar-refractivity contribution in [2.75, 3.05) is 12.4 Å². The van der Waals surface area contributed by atoms with E-state index in [2.05, 4.69) is 26.2 Å². The van der Waals surface area contributed by atoms with Crippen molar-refractivity contribution in [1.29, 1.82) is 0 Å². The average molecular weight is 326 g/mol. The van der Waals surface area contributed by atoms with Gasteiger partial charge in [0.1, 0.15) is 0 Å². The van der Waals surface area contributed by atoms with Crippen LogP contribution in [0.2, 0.25) is 0 Å². The first kappa shape index (κ1) is 13.0. The van der Waals surface area contributed by atoms with E-state index in [0.717, 1.165) is 9.35 Å². The largest absolute Gasteiger partial charge is 0.322 e. The molecule has 0 aliphatic rings. The zero-order valence-electron chi connectivity index (χ0n) is 9.76. The van der Waals surface area contributed by atoms with E-state index in [1.807, 2.05) is 11.4 Å². The van der Waals surface area contributed by atoms with Gasteiger partial charge in [0.25, 0.3) is 0 Å². The van der Waals surface area contributed by atoms with Crippen LogP contribution >= 0.6 is 27.3 Å². The number of aromatic nitrogens is 1. The van der Waals surface area contributed by atoms with Crippen LogP contribution in [0.1, 0.15) is 4.88 Å². The second-order valence-corrected chi connectivity index (χ2v) is 5.67. The van der Waals surface area contributed by atoms with Crippen LogP contribution in [-0.4, -0.2) is 23.0 Å². The van der Waals surface area contributed by atoms with Crippen LogP contribution in [0.4, 0.5) is 10.5 Å². The van der Waals surface area contributed by atoms with Crippen LogP contribution in [0, 0.1) is 0 Å². The minimum Gasteiger partial charge on any atom is -0.322 e. The van der Waals surface area contributed by atoms with Gasteiger partial charge in [0.15, 0.2) is 0 Å². The van der Waals surface area contributed by atoms with Crippen LogP contribution in [0.25, 0.3) is 0 Å². The van der Waals surface area contributed by atoms with Gasteiger partial charge in [-0.05, 0) is 34.1 Å². The second kappa shape index (κ2) is 5.97. The summed E-state index contributed by atoms with van der Waals surface area (Å²) in [5.74, 6) is 0. The molecule has 0 saturated carbocycles. The highest BCUT2D eigenvalue weighted by Crippen LogP contribution is 2.21. The van der Waals surface area contributed by atoms with Crippen molar-refractivity contribution in [2.45, 2.75) is 6.54 Å². The molecule has 4 nitrogen and oxygen atoms in total. The van der Waals surface area contributed by atoms with E-state index < -0.39 is 0 Å². The Morgan fingerprint density at radius 1 is 1.61 bits per heavy atom. The molecule has 6 heteroatoms. The fourth-order valence-corrected chi connectivity index (χ4v) is 2.90. The highest BCUT2D eigenvalue weighted by atomic mass is 79.9. The highest BCUT2D eigenvalue weighted by molar-refractivity contribution is 9.10. The van der Waals surface area contributed by atoms with Gasteiger partial charge in [0, 0.05) is 28.0 Å². The Labute approximate surface area is 118 Å². The van der Waals surface area contributed by atoms with Crippen molar-refractivity contribution in [1.82, 2.24) is 9.88 Å². The third kappa shape index (κ3) is 3.54. The van der Waals surface area contributed by atoms with E-state index in [1.54, 1.807) is 47.8 Å². The Balaban J connectivity index is 1.93. The maximum atomic E-state index is 11.9. The predicted octanol–water partition coefficient (Wildman–Crippen LogP) is 3.57. The molecule has 2 aromatic rings. The molecule has 0 bridgehead atoms. The zero-order chi connectivity index (χ0) is 13.0. The molecule has 0 saturated heterocycles. The number of thiophene rings is 1. The van der Waals surface area contributed by atoms with Crippen LogP contribution in [0.3, 0.4) is 0 Å². The predicted molar refractivity (Wildman–Crippen MR) is 76.7 cm³/mol. The smallest absolute Gasteiger partial charge is 0.321 e. The van der Waals surface area contributed by atoms with Gasteiger partial charge in [0.05, 0.1) is 18.4 Å². The van der Waals surface area contributed by atoms with E-state index >= 15 is 0 Å². The fraction of sp³-hybridized carbons (Fsp3) is 0.167. The molecule has 0 atom stereocenters. The summed E-state index contributed by atoms with van der Waals surface area (Å²) in [6.07, 6.45) is 3.29. The summed E-state index contributed by atoms with van der Waals surface area (Å²) in [6.45, 7) is 0.586. The maximum absolute atomic E-state index is 11.9. The number of anilines is 1. The summed E-state index contributed by atoms with van der Waals surface area (Å²) < 4.78 is 1.04. The third-order valence-corrected chi connectivity index (χ3v) is 3.96. The Morgan fingerprint density at radius 3 is 3.06 bits per heavy atom. The lowest BCUT2D eigenvalue weighted by Gasteiger charge is -2.16. The number of carbonyl (C=O) groups is 1. The normalized spacial score (nSPS) is 10.1. The van der Waals surface area contributed by atoms with Crippen molar-refractivity contribution in [3.63, 3.8) is 0 Å². The number of nitrogens with one attached hydrogen (secondary N) is 1. The van der Waals surface area contributed by atoms with E-state index in [9.17, 15) is 4.79 Å². The van der Waals surface area contributed by atoms with Gasteiger partial charge < -0.3 is 10.2 Å². The number of hydrogen-bond acceptors (Lipinski definition) is 3. The van der Waals surface area contributed by atoms with Crippen LogP contribution < -0.4 is 5.32 Å². The number of nitrogens with zero attached hydrogens (tertiary/aromatic N) is 2. The summed E-state index contributed by atoms with van der Waals surface area (Å²) in [5.41, 5.74) is 0.696. The maximum Gasteiger partial charge on any atom is 0.321 e. The van der Waals surface area contributed by atoms with E-state index in [-0.39, 0.29) is 6.03 Å². The van der Waals surface area contributed by atoms with Crippen molar-refractivity contribution < 1.29 is 4.79 Å². The lowest BCUT2D eigenvalue weighted by molar-refractivity contribution is 0.221. The second-order valence-electron chi connectivity index (χ2n) is 3.76. The Morgan fingerprint density at radius 2 is 2.44 bits per heavy atom. The van der Waals surface area contributed by atoms with Gasteiger partial charge in [-0.15, -0.1) is 11.3 Å². The molecule has 2 heterocycles. The lowest BCUT2D eigenvalue weighted by atomic mass is 10.4. The molecule has 0 unspecified atom stereocenters. The monoisotopic (exact) mass is 325 g/mol. The minimum absolute atomic E-state index is 0.146. The Hall–Kier alpha value is -1.40. The van der Waals surface area contributed by atoms with E-state index in [4.69, 9.17) is 0 Å². The van der Waals surface area contributed by atoms with Crippen molar-refractivity contribution in [3.05, 3.63) is 45.3 Å². The van der Waals surface area contributed by atoms with Gasteiger partial charge in [-0.2, -0.15) is 0 Å². The Kier molecular flexibility index (Phi) is 4.33. The number of carbonyl (C=O) groups excluding carboxylic acids is 1. The number of halogens is 1. The zero-order valence-corrected chi connectivity index (χ0v) is 12.2. The molecular weight excluding hydrogens is 314 g/mol. The summed E-state index contributed by atoms with van der Waals surface area (Å²) in [6, 6.07) is 5.46. The average Bonchev–Trinajstić information content (AvgIpc) is 2.76. The van der Waals surface area contributed by atoms with E-state index in [0.29, 0.717) is 12.2 Å². The topological polar surface area (TPSA) is 45.2 Å². The molecule has 0 aromatic carbocycles. The molecule has 2 amide bonds. The number of urea groups is 1. The molecule has 0 radical (unpaired) electrons. The lowest BCUT2D eigenvalue weighted by Crippen LogP contribution is -2.30. The molecule has 1 N–H and O–H groups in total. The first-order valence-electron chi connectivity index (χ1n) is 5.30. The first-order valence-corrected chi connectivity index (χ1v) is 6.97. The number of amides is 2. The third-order valence-electron chi connectivity index (χ3n) is 2.27. The van der Waals surface area contributed by atoms with Crippen molar-refractivity contribution in [3.8, 4) is 0 Å². The highest BCUT2D eigenvalue weighted by Gasteiger charge is 2.10. The summed E-state index contributed by atoms with van der Waals surface area (Å²) in [5, 5.41) is 4.79. The number of rotatable bonds is 3. The standard InChI is InChI=1S/C12H12BrN3OS/c1-16(7-11-5-9(13)8-18-11)12(17)15-10-3-2-4-14-6-10/h2-6,8H,7H2,1H3,(H,15,17). The molecule has 0 spiro atoms. The number of pyridine rings is 1. The minimum atomic E-state index is -0.146. The quantitative estimate of drug-likeness (QED) is 0.937. The molecule has 0 fully saturated rings. The van der Waals surface area contributed by atoms with Crippen molar-refractivity contribution >= 4 is 39.0 Å². The molecule has 2 rings (SSSR count). The van der Waals surface area contributed by atoms with Gasteiger partial charge in [-0.25, -0.2) is 4.79 Å². The summed E-state index contributed by atoms with van der Waals surface area (Å²) >= 11 is 5.02. The van der Waals surface area contributed by atoms with E-state index in [1.165, 1.54) is 0 Å². The summed E-state index contributed by atoms with van der Waals surface area (Å²) in [4.78, 5) is 18.6. The Bertz CT molecular complexity index is 529. The molecular formula is C12H12BrN3OS. The fourth-order valence-electron chi connectivity index (χ4n) is 1.40. The SMILES string of the molecule is CN(Cc1cc(Br)cs1)C(=O)Nc1cccnc1. The van der Waals surface area contributed by atoms with Crippen LogP contribution in [0.5, 0.6) is 0 Å². The van der Waals surface area contributed by atoms with Crippen LogP contribution in [-0.2, 0) is 6.54 Å². The number of hydrogen-bond donors (Lipinski definition) is 1. The molecule has 94 valence electrons. The van der Waals surface area contributed by atoms with Crippen molar-refractivity contribution in [2.24, 2.45) is 0 Å². The van der Waals surface area contributed by atoms with Gasteiger partial charge in [0.2, 0.25) is 0 Å². The molecule has 0 aliphatic carbocycles. The van der Waals surface area contributed by atoms with Crippen LogP contribution in [0.15, 0.2) is 40.4 Å². The molecule has 0 aliphatic heterocycles. The van der Waals surface area contributed by atoms with Gasteiger partial charge in [-0.1, -0.05) is 0 Å².